The average molecular weight is 415 g/mol. The number of nitrogens with zero attached hydrogens (tertiary/aromatic N) is 2. The summed E-state index contributed by atoms with van der Waals surface area (Å²) in [5, 5.41) is 4.15. The quantitative estimate of drug-likeness (QED) is 0.471. The lowest BCUT2D eigenvalue weighted by Gasteiger charge is -2.01. The Hall–Kier alpha value is -2.71. The predicted octanol–water partition coefficient (Wildman–Crippen LogP) is 5.19. The molecule has 2 heterocycles. The molecule has 1 amide bonds. The molecule has 1 N–H and O–H groups in total. The third-order valence-electron chi connectivity index (χ3n) is 4.08. The number of hydrogen-bond donors (Lipinski definition) is 1. The van der Waals surface area contributed by atoms with Crippen molar-refractivity contribution in [1.29, 1.82) is 0 Å². The van der Waals surface area contributed by atoms with Crippen LogP contribution in [0.2, 0.25) is 0 Å². The number of aryl methyl sites for hydroxylation is 1. The molecule has 2 aromatic heterocycles. The van der Waals surface area contributed by atoms with E-state index < -0.39 is 11.6 Å². The SMILES string of the molecule is O=C(CCc1nc2ccccc2s1)Nc1ncc(Cc2ccc(F)cc2F)s1. The zero-order chi connectivity index (χ0) is 19.5. The first-order valence-electron chi connectivity index (χ1n) is 8.60. The van der Waals surface area contributed by atoms with Crippen LogP contribution < -0.4 is 5.32 Å². The number of fused-ring (bicyclic) bond motifs is 1. The second-order valence-electron chi connectivity index (χ2n) is 6.17. The number of nitrogens with one attached hydrogen (secondary N) is 1. The molecule has 0 radical (unpaired) electrons. The fourth-order valence-electron chi connectivity index (χ4n) is 2.73. The molecule has 2 aromatic carbocycles. The highest BCUT2D eigenvalue weighted by Gasteiger charge is 2.11. The number of amides is 1. The number of aromatic nitrogens is 2. The van der Waals surface area contributed by atoms with E-state index in [2.05, 4.69) is 15.3 Å². The fourth-order valence-corrected chi connectivity index (χ4v) is 4.55. The van der Waals surface area contributed by atoms with E-state index in [1.54, 1.807) is 17.5 Å². The Morgan fingerprint density at radius 1 is 1.11 bits per heavy atom. The molecule has 0 bridgehead atoms. The van der Waals surface area contributed by atoms with Gasteiger partial charge in [0.05, 0.1) is 15.2 Å². The number of carbonyl (C=O) groups excluding carboxylic acids is 1. The minimum Gasteiger partial charge on any atom is -0.302 e. The van der Waals surface area contributed by atoms with Crippen molar-refractivity contribution in [1.82, 2.24) is 9.97 Å². The highest BCUT2D eigenvalue weighted by molar-refractivity contribution is 7.18. The highest BCUT2D eigenvalue weighted by atomic mass is 32.1. The van der Waals surface area contributed by atoms with Crippen LogP contribution in [0.4, 0.5) is 13.9 Å². The van der Waals surface area contributed by atoms with Crippen molar-refractivity contribution in [3.05, 3.63) is 75.7 Å². The molecule has 142 valence electrons. The monoisotopic (exact) mass is 415 g/mol. The van der Waals surface area contributed by atoms with E-state index in [1.807, 2.05) is 24.3 Å². The molecule has 4 aromatic rings. The van der Waals surface area contributed by atoms with Crippen LogP contribution in [-0.2, 0) is 17.6 Å². The molecule has 8 heteroatoms. The number of halogens is 2. The molecule has 0 spiro atoms. The summed E-state index contributed by atoms with van der Waals surface area (Å²) in [6.07, 6.45) is 2.76. The zero-order valence-corrected chi connectivity index (χ0v) is 16.2. The molecule has 4 rings (SSSR count). The van der Waals surface area contributed by atoms with Crippen LogP contribution in [0.1, 0.15) is 21.9 Å². The molecule has 4 nitrogen and oxygen atoms in total. The molecule has 28 heavy (non-hydrogen) atoms. The van der Waals surface area contributed by atoms with E-state index >= 15 is 0 Å². The van der Waals surface area contributed by atoms with E-state index in [1.165, 1.54) is 23.5 Å². The minimum atomic E-state index is -0.605. The van der Waals surface area contributed by atoms with Crippen molar-refractivity contribution < 1.29 is 13.6 Å². The van der Waals surface area contributed by atoms with Crippen molar-refractivity contribution in [3.8, 4) is 0 Å². The number of hydrogen-bond acceptors (Lipinski definition) is 5. The molecule has 0 aliphatic heterocycles. The second kappa shape index (κ2) is 8.12. The van der Waals surface area contributed by atoms with Gasteiger partial charge in [-0.3, -0.25) is 4.79 Å². The Morgan fingerprint density at radius 2 is 1.96 bits per heavy atom. The summed E-state index contributed by atoms with van der Waals surface area (Å²) in [6.45, 7) is 0. The standard InChI is InChI=1S/C20H15F2N3OS2/c21-13-6-5-12(15(22)10-13)9-14-11-23-20(27-14)25-18(26)7-8-19-24-16-3-1-2-4-17(16)28-19/h1-6,10-11H,7-9H2,(H,23,25,26). The zero-order valence-electron chi connectivity index (χ0n) is 14.6. The summed E-state index contributed by atoms with van der Waals surface area (Å²) in [6, 6.07) is 11.4. The molecule has 0 saturated heterocycles. The van der Waals surface area contributed by atoms with Crippen LogP contribution in [0, 0.1) is 11.6 Å². The lowest BCUT2D eigenvalue weighted by molar-refractivity contribution is -0.116. The van der Waals surface area contributed by atoms with E-state index in [0.717, 1.165) is 26.2 Å². The summed E-state index contributed by atoms with van der Waals surface area (Å²) >= 11 is 2.86. The summed E-state index contributed by atoms with van der Waals surface area (Å²) < 4.78 is 27.9. The van der Waals surface area contributed by atoms with Gasteiger partial charge in [-0.05, 0) is 23.8 Å². The Bertz CT molecular complexity index is 1110. The Labute approximate surface area is 167 Å². The number of anilines is 1. The Balaban J connectivity index is 1.33. The number of carbonyl (C=O) groups is 1. The minimum absolute atomic E-state index is 0.145. The van der Waals surface area contributed by atoms with Gasteiger partial charge >= 0.3 is 0 Å². The topological polar surface area (TPSA) is 54.9 Å². The lowest BCUT2D eigenvalue weighted by atomic mass is 10.1. The van der Waals surface area contributed by atoms with Crippen molar-refractivity contribution >= 4 is 43.9 Å². The molecule has 0 fully saturated rings. The van der Waals surface area contributed by atoms with Crippen molar-refractivity contribution in [2.24, 2.45) is 0 Å². The molecule has 0 aliphatic rings. The smallest absolute Gasteiger partial charge is 0.226 e. The second-order valence-corrected chi connectivity index (χ2v) is 8.40. The lowest BCUT2D eigenvalue weighted by Crippen LogP contribution is -2.11. The van der Waals surface area contributed by atoms with Crippen LogP contribution in [-0.4, -0.2) is 15.9 Å². The number of rotatable bonds is 6. The molecular formula is C20H15F2N3OS2. The average Bonchev–Trinajstić information content (AvgIpc) is 3.28. The normalized spacial score (nSPS) is 11.1. The van der Waals surface area contributed by atoms with Crippen LogP contribution in [0.15, 0.2) is 48.7 Å². The third-order valence-corrected chi connectivity index (χ3v) is 6.09. The van der Waals surface area contributed by atoms with Gasteiger partial charge in [0.15, 0.2) is 5.13 Å². The molecular weight excluding hydrogens is 400 g/mol. The van der Waals surface area contributed by atoms with Gasteiger partial charge in [-0.2, -0.15) is 0 Å². The van der Waals surface area contributed by atoms with Crippen molar-refractivity contribution in [2.75, 3.05) is 5.32 Å². The van der Waals surface area contributed by atoms with Crippen molar-refractivity contribution in [2.45, 2.75) is 19.3 Å². The van der Waals surface area contributed by atoms with Crippen LogP contribution in [0.25, 0.3) is 10.2 Å². The van der Waals surface area contributed by atoms with Gasteiger partial charge in [0.2, 0.25) is 5.91 Å². The molecule has 0 unspecified atom stereocenters. The molecule has 0 saturated carbocycles. The fraction of sp³-hybridized carbons (Fsp3) is 0.150. The van der Waals surface area contributed by atoms with Gasteiger partial charge in [0.25, 0.3) is 0 Å². The first-order valence-corrected chi connectivity index (χ1v) is 10.2. The van der Waals surface area contributed by atoms with Gasteiger partial charge in [-0.15, -0.1) is 22.7 Å². The highest BCUT2D eigenvalue weighted by Crippen LogP contribution is 2.24. The van der Waals surface area contributed by atoms with E-state index in [4.69, 9.17) is 0 Å². The summed E-state index contributed by atoms with van der Waals surface area (Å²) in [7, 11) is 0. The summed E-state index contributed by atoms with van der Waals surface area (Å²) in [4.78, 5) is 21.7. The maximum absolute atomic E-state index is 13.8. The number of benzene rings is 2. The summed E-state index contributed by atoms with van der Waals surface area (Å²) in [5.74, 6) is -1.34. The van der Waals surface area contributed by atoms with Crippen molar-refractivity contribution in [3.63, 3.8) is 0 Å². The van der Waals surface area contributed by atoms with Crippen LogP contribution >= 0.6 is 22.7 Å². The Morgan fingerprint density at radius 3 is 2.79 bits per heavy atom. The van der Waals surface area contributed by atoms with Gasteiger partial charge in [-0.1, -0.05) is 18.2 Å². The molecule has 0 atom stereocenters. The molecule has 0 aliphatic carbocycles. The van der Waals surface area contributed by atoms with E-state index in [-0.39, 0.29) is 5.91 Å². The maximum Gasteiger partial charge on any atom is 0.226 e. The van der Waals surface area contributed by atoms with E-state index in [9.17, 15) is 13.6 Å². The maximum atomic E-state index is 13.8. The van der Waals surface area contributed by atoms with Gasteiger partial charge < -0.3 is 5.32 Å². The van der Waals surface area contributed by atoms with Gasteiger partial charge in [0.1, 0.15) is 11.6 Å². The van der Waals surface area contributed by atoms with Crippen LogP contribution in [0.5, 0.6) is 0 Å². The first kappa shape index (κ1) is 18.6. The summed E-state index contributed by atoms with van der Waals surface area (Å²) in [5.41, 5.74) is 1.33. The third kappa shape index (κ3) is 4.40. The van der Waals surface area contributed by atoms with Gasteiger partial charge in [0, 0.05) is 36.4 Å². The largest absolute Gasteiger partial charge is 0.302 e. The predicted molar refractivity (Wildman–Crippen MR) is 108 cm³/mol. The van der Waals surface area contributed by atoms with E-state index in [0.29, 0.717) is 30.0 Å². The number of thiazole rings is 2. The first-order chi connectivity index (χ1) is 13.6. The number of para-hydroxylation sites is 1. The Kier molecular flexibility index (Phi) is 5.40. The van der Waals surface area contributed by atoms with Gasteiger partial charge in [-0.25, -0.2) is 18.7 Å². The van der Waals surface area contributed by atoms with Crippen LogP contribution in [0.3, 0.4) is 0 Å².